The van der Waals surface area contributed by atoms with E-state index in [4.69, 9.17) is 9.84 Å². The standard InChI is InChI=1S/C22H31NO7/c1-22(2,3)30-21(29)23-18(20(27)28)14-17(19(25)26)8-4-6-15-9-11-16(12-10-15)7-5-13-24/h4,6,9-12,17-18,24H,5,7-8,13-14H2,1-3H3,(H,23,29)(H,25,26)(H,27,28)/b6-4+/t17-,18-/m0/s1. The van der Waals surface area contributed by atoms with Gasteiger partial charge in [-0.05, 0) is 57.6 Å². The van der Waals surface area contributed by atoms with E-state index in [1.807, 2.05) is 24.3 Å². The first-order valence-corrected chi connectivity index (χ1v) is 9.83. The van der Waals surface area contributed by atoms with E-state index in [9.17, 15) is 24.6 Å². The number of hydrogen-bond acceptors (Lipinski definition) is 5. The first-order valence-electron chi connectivity index (χ1n) is 9.83. The third-order valence-corrected chi connectivity index (χ3v) is 4.19. The Kier molecular flexibility index (Phi) is 10.0. The van der Waals surface area contributed by atoms with Gasteiger partial charge in [-0.15, -0.1) is 0 Å². The SMILES string of the molecule is CC(C)(C)OC(=O)N[C@@H](C[C@H](C/C=C/c1ccc(CCCO)cc1)C(=O)O)C(=O)O. The molecular weight excluding hydrogens is 390 g/mol. The van der Waals surface area contributed by atoms with Crippen molar-refractivity contribution in [2.45, 2.75) is 58.1 Å². The molecule has 0 aliphatic rings. The molecule has 8 nitrogen and oxygen atoms in total. The highest BCUT2D eigenvalue weighted by molar-refractivity contribution is 5.81. The van der Waals surface area contributed by atoms with Crippen LogP contribution in [0.3, 0.4) is 0 Å². The molecule has 0 bridgehead atoms. The van der Waals surface area contributed by atoms with Gasteiger partial charge in [0.2, 0.25) is 0 Å². The van der Waals surface area contributed by atoms with Crippen molar-refractivity contribution in [1.82, 2.24) is 5.32 Å². The van der Waals surface area contributed by atoms with Crippen molar-refractivity contribution in [1.29, 1.82) is 0 Å². The van der Waals surface area contributed by atoms with Gasteiger partial charge in [0, 0.05) is 6.61 Å². The van der Waals surface area contributed by atoms with Gasteiger partial charge in [-0.25, -0.2) is 9.59 Å². The number of carboxylic acids is 2. The normalized spacial score (nSPS) is 13.6. The lowest BCUT2D eigenvalue weighted by atomic mass is 9.96. The number of aliphatic hydroxyl groups excluding tert-OH is 1. The molecule has 0 fully saturated rings. The molecular formula is C22H31NO7. The first-order chi connectivity index (χ1) is 14.0. The minimum Gasteiger partial charge on any atom is -0.481 e. The Morgan fingerprint density at radius 2 is 1.73 bits per heavy atom. The summed E-state index contributed by atoms with van der Waals surface area (Å²) in [6.07, 6.45) is 3.85. The molecule has 2 atom stereocenters. The van der Waals surface area contributed by atoms with E-state index >= 15 is 0 Å². The van der Waals surface area contributed by atoms with Gasteiger partial charge in [-0.3, -0.25) is 4.79 Å². The number of carbonyl (C=O) groups is 3. The van der Waals surface area contributed by atoms with E-state index in [0.29, 0.717) is 6.42 Å². The highest BCUT2D eigenvalue weighted by atomic mass is 16.6. The lowest BCUT2D eigenvalue weighted by Gasteiger charge is -2.23. The zero-order chi connectivity index (χ0) is 22.7. The molecule has 0 heterocycles. The second kappa shape index (κ2) is 12.0. The summed E-state index contributed by atoms with van der Waals surface area (Å²) in [5, 5.41) is 29.9. The molecule has 1 amide bonds. The molecule has 0 aliphatic carbocycles. The summed E-state index contributed by atoms with van der Waals surface area (Å²) < 4.78 is 5.04. The van der Waals surface area contributed by atoms with E-state index in [1.54, 1.807) is 32.9 Å². The zero-order valence-corrected chi connectivity index (χ0v) is 17.6. The highest BCUT2D eigenvalue weighted by Crippen LogP contribution is 2.16. The van der Waals surface area contributed by atoms with E-state index in [-0.39, 0.29) is 19.4 Å². The van der Waals surface area contributed by atoms with Gasteiger partial charge < -0.3 is 25.4 Å². The summed E-state index contributed by atoms with van der Waals surface area (Å²) in [5.74, 6) is -3.45. The van der Waals surface area contributed by atoms with Crippen LogP contribution >= 0.6 is 0 Å². The molecule has 0 saturated carbocycles. The van der Waals surface area contributed by atoms with Crippen molar-refractivity contribution >= 4 is 24.1 Å². The highest BCUT2D eigenvalue weighted by Gasteiger charge is 2.29. The molecule has 0 spiro atoms. The summed E-state index contributed by atoms with van der Waals surface area (Å²) >= 11 is 0. The predicted molar refractivity (Wildman–Crippen MR) is 112 cm³/mol. The number of carbonyl (C=O) groups excluding carboxylic acids is 1. The van der Waals surface area contributed by atoms with Crippen LogP contribution in [0.25, 0.3) is 6.08 Å². The zero-order valence-electron chi connectivity index (χ0n) is 17.6. The Labute approximate surface area is 176 Å². The Morgan fingerprint density at radius 1 is 1.10 bits per heavy atom. The van der Waals surface area contributed by atoms with Gasteiger partial charge >= 0.3 is 18.0 Å². The van der Waals surface area contributed by atoms with Crippen molar-refractivity contribution in [2.75, 3.05) is 6.61 Å². The van der Waals surface area contributed by atoms with Crippen LogP contribution in [-0.4, -0.2) is 51.6 Å². The first kappa shape index (κ1) is 25.2. The fraction of sp³-hybridized carbons (Fsp3) is 0.500. The Morgan fingerprint density at radius 3 is 2.23 bits per heavy atom. The molecule has 30 heavy (non-hydrogen) atoms. The number of aliphatic hydroxyl groups is 1. The summed E-state index contributed by atoms with van der Waals surface area (Å²) in [5.41, 5.74) is 1.19. The van der Waals surface area contributed by atoms with Crippen LogP contribution in [0.15, 0.2) is 30.3 Å². The van der Waals surface area contributed by atoms with Gasteiger partial charge in [0.05, 0.1) is 5.92 Å². The molecule has 0 aromatic heterocycles. The minimum atomic E-state index is -1.37. The third-order valence-electron chi connectivity index (χ3n) is 4.19. The number of nitrogens with one attached hydrogen (secondary N) is 1. The predicted octanol–water partition coefficient (Wildman–Crippen LogP) is 3.08. The molecule has 1 rings (SSSR count). The fourth-order valence-corrected chi connectivity index (χ4v) is 2.70. The smallest absolute Gasteiger partial charge is 0.408 e. The van der Waals surface area contributed by atoms with Crippen molar-refractivity contribution in [2.24, 2.45) is 5.92 Å². The second-order valence-electron chi connectivity index (χ2n) is 8.01. The third kappa shape index (κ3) is 10.1. The number of amides is 1. The van der Waals surface area contributed by atoms with Gasteiger partial charge in [0.25, 0.3) is 0 Å². The average Bonchev–Trinajstić information content (AvgIpc) is 2.63. The summed E-state index contributed by atoms with van der Waals surface area (Å²) in [6, 6.07) is 6.29. The molecule has 0 aliphatic heterocycles. The van der Waals surface area contributed by atoms with Crippen LogP contribution in [-0.2, 0) is 20.7 Å². The quantitative estimate of drug-likeness (QED) is 0.431. The van der Waals surface area contributed by atoms with Crippen molar-refractivity contribution < 1.29 is 34.4 Å². The molecule has 0 saturated heterocycles. The van der Waals surface area contributed by atoms with Crippen LogP contribution in [0.4, 0.5) is 4.79 Å². The monoisotopic (exact) mass is 421 g/mol. The minimum absolute atomic E-state index is 0.112. The topological polar surface area (TPSA) is 133 Å². The molecule has 166 valence electrons. The number of benzene rings is 1. The van der Waals surface area contributed by atoms with Crippen molar-refractivity contribution in [3.63, 3.8) is 0 Å². The molecule has 1 aromatic carbocycles. The number of hydrogen-bond donors (Lipinski definition) is 4. The van der Waals surface area contributed by atoms with Crippen LogP contribution < -0.4 is 5.32 Å². The Hall–Kier alpha value is -2.87. The number of alkyl carbamates (subject to hydrolysis) is 1. The summed E-state index contributed by atoms with van der Waals surface area (Å²) in [7, 11) is 0. The number of carboxylic acid groups (broad SMARTS) is 2. The molecule has 0 unspecified atom stereocenters. The number of ether oxygens (including phenoxy) is 1. The van der Waals surface area contributed by atoms with Gasteiger partial charge in [0.1, 0.15) is 11.6 Å². The average molecular weight is 421 g/mol. The maximum atomic E-state index is 11.8. The molecule has 0 radical (unpaired) electrons. The number of rotatable bonds is 11. The number of aliphatic carboxylic acids is 2. The maximum absolute atomic E-state index is 11.8. The number of aryl methyl sites for hydroxylation is 1. The van der Waals surface area contributed by atoms with E-state index in [0.717, 1.165) is 17.5 Å². The van der Waals surface area contributed by atoms with Crippen LogP contribution in [0.1, 0.15) is 51.2 Å². The van der Waals surface area contributed by atoms with Gasteiger partial charge in [0.15, 0.2) is 0 Å². The molecule has 1 aromatic rings. The van der Waals surface area contributed by atoms with E-state index < -0.39 is 35.6 Å². The van der Waals surface area contributed by atoms with E-state index in [2.05, 4.69) is 5.32 Å². The van der Waals surface area contributed by atoms with Crippen LogP contribution in [0, 0.1) is 5.92 Å². The Bertz CT molecular complexity index is 735. The molecule has 4 N–H and O–H groups in total. The number of allylic oxidation sites excluding steroid dienone is 1. The van der Waals surface area contributed by atoms with Gasteiger partial charge in [-0.2, -0.15) is 0 Å². The van der Waals surface area contributed by atoms with Crippen molar-refractivity contribution in [3.05, 3.63) is 41.5 Å². The van der Waals surface area contributed by atoms with E-state index in [1.165, 1.54) is 0 Å². The fourth-order valence-electron chi connectivity index (χ4n) is 2.70. The Balaban J connectivity index is 2.71. The largest absolute Gasteiger partial charge is 0.481 e. The lowest BCUT2D eigenvalue weighted by molar-refractivity contribution is -0.144. The summed E-state index contributed by atoms with van der Waals surface area (Å²) in [6.45, 7) is 5.07. The summed E-state index contributed by atoms with van der Waals surface area (Å²) in [4.78, 5) is 34.9. The second-order valence-corrected chi connectivity index (χ2v) is 8.01. The maximum Gasteiger partial charge on any atom is 0.408 e. The van der Waals surface area contributed by atoms with Gasteiger partial charge in [-0.1, -0.05) is 36.4 Å². The van der Waals surface area contributed by atoms with Crippen LogP contribution in [0.2, 0.25) is 0 Å². The van der Waals surface area contributed by atoms with Crippen LogP contribution in [0.5, 0.6) is 0 Å². The van der Waals surface area contributed by atoms with Crippen molar-refractivity contribution in [3.8, 4) is 0 Å². The lowest BCUT2D eigenvalue weighted by Crippen LogP contribution is -2.45. The molecule has 8 heteroatoms.